The highest BCUT2D eigenvalue weighted by Gasteiger charge is 2.26. The molecule has 2 aromatic carbocycles. The SMILES string of the molecule is CCCCCCCCCCC=CC(C)=C(OC1CCCCO1)C(=O)c1cc(OCc2ccccc2)c(C)cc1O. The highest BCUT2D eigenvalue weighted by Crippen LogP contribution is 2.32. The smallest absolute Gasteiger partial charge is 0.231 e. The van der Waals surface area contributed by atoms with E-state index >= 15 is 0 Å². The molecule has 0 aliphatic carbocycles. The van der Waals surface area contributed by atoms with Gasteiger partial charge in [0.2, 0.25) is 5.78 Å². The van der Waals surface area contributed by atoms with Gasteiger partial charge in [0.15, 0.2) is 12.0 Å². The summed E-state index contributed by atoms with van der Waals surface area (Å²) in [5.41, 5.74) is 2.67. The lowest BCUT2D eigenvalue weighted by Gasteiger charge is -2.25. The highest BCUT2D eigenvalue weighted by atomic mass is 16.7. The first kappa shape index (κ1) is 31.5. The van der Waals surface area contributed by atoms with Crippen LogP contribution in [0, 0.1) is 6.92 Å². The van der Waals surface area contributed by atoms with Gasteiger partial charge in [0.1, 0.15) is 18.1 Å². The minimum atomic E-state index is -0.467. The summed E-state index contributed by atoms with van der Waals surface area (Å²) in [5.74, 6) is 0.315. The summed E-state index contributed by atoms with van der Waals surface area (Å²) in [6.45, 7) is 6.98. The molecule has 0 saturated carbocycles. The largest absolute Gasteiger partial charge is 0.507 e. The Bertz CT molecular complexity index is 1100. The second-order valence-corrected chi connectivity index (χ2v) is 10.8. The molecule has 0 amide bonds. The third-order valence-electron chi connectivity index (χ3n) is 7.32. The molecule has 5 heteroatoms. The average Bonchev–Trinajstić information content (AvgIpc) is 2.97. The van der Waals surface area contributed by atoms with Crippen molar-refractivity contribution in [1.82, 2.24) is 0 Å². The molecule has 40 heavy (non-hydrogen) atoms. The molecule has 2 aromatic rings. The number of carbonyl (C=O) groups excluding carboxylic acids is 1. The van der Waals surface area contributed by atoms with Crippen molar-refractivity contribution in [3.8, 4) is 11.5 Å². The summed E-state index contributed by atoms with van der Waals surface area (Å²) in [4.78, 5) is 13.8. The Balaban J connectivity index is 1.70. The Hall–Kier alpha value is -3.05. The fourth-order valence-corrected chi connectivity index (χ4v) is 4.86. The van der Waals surface area contributed by atoms with Crippen LogP contribution in [0.2, 0.25) is 0 Å². The van der Waals surface area contributed by atoms with E-state index in [2.05, 4.69) is 13.0 Å². The Morgan fingerprint density at radius 3 is 2.45 bits per heavy atom. The summed E-state index contributed by atoms with van der Waals surface area (Å²) in [7, 11) is 0. The van der Waals surface area contributed by atoms with Gasteiger partial charge in [-0.25, -0.2) is 0 Å². The monoisotopic (exact) mass is 548 g/mol. The lowest BCUT2D eigenvalue weighted by atomic mass is 10.0. The van der Waals surface area contributed by atoms with Gasteiger partial charge in [-0.1, -0.05) is 94.4 Å². The number of rotatable bonds is 17. The average molecular weight is 549 g/mol. The Kier molecular flexibility index (Phi) is 13.9. The second kappa shape index (κ2) is 17.6. The van der Waals surface area contributed by atoms with Crippen LogP contribution in [0.15, 0.2) is 65.9 Å². The molecule has 1 heterocycles. The third-order valence-corrected chi connectivity index (χ3v) is 7.32. The molecule has 0 aromatic heterocycles. The number of unbranched alkanes of at least 4 members (excludes halogenated alkanes) is 8. The summed E-state index contributed by atoms with van der Waals surface area (Å²) < 4.78 is 18.0. The number of phenols is 1. The molecule has 1 fully saturated rings. The molecule has 1 saturated heterocycles. The first-order valence-corrected chi connectivity index (χ1v) is 15.2. The highest BCUT2D eigenvalue weighted by molar-refractivity contribution is 6.10. The lowest BCUT2D eigenvalue weighted by molar-refractivity contribution is -0.136. The van der Waals surface area contributed by atoms with Gasteiger partial charge < -0.3 is 19.3 Å². The molecule has 0 bridgehead atoms. The predicted octanol–water partition coefficient (Wildman–Crippen LogP) is 9.37. The molecule has 218 valence electrons. The Labute approximate surface area is 241 Å². The van der Waals surface area contributed by atoms with Crippen molar-refractivity contribution in [2.45, 2.75) is 111 Å². The minimum absolute atomic E-state index is 0.0871. The molecule has 5 nitrogen and oxygen atoms in total. The molecule has 1 aliphatic heterocycles. The van der Waals surface area contributed by atoms with Crippen LogP contribution in [0.5, 0.6) is 11.5 Å². The van der Waals surface area contributed by atoms with Crippen LogP contribution in [-0.4, -0.2) is 23.8 Å². The summed E-state index contributed by atoms with van der Waals surface area (Å²) in [6.07, 6.45) is 17.5. The van der Waals surface area contributed by atoms with Crippen LogP contribution in [-0.2, 0) is 16.1 Å². The van der Waals surface area contributed by atoms with Crippen molar-refractivity contribution < 1.29 is 24.1 Å². The number of hydrogen-bond acceptors (Lipinski definition) is 5. The van der Waals surface area contributed by atoms with E-state index < -0.39 is 6.29 Å². The van der Waals surface area contributed by atoms with Gasteiger partial charge in [-0.3, -0.25) is 4.79 Å². The molecular formula is C35H48O5. The number of carbonyl (C=O) groups is 1. The first-order valence-electron chi connectivity index (χ1n) is 15.2. The molecule has 3 rings (SSSR count). The van der Waals surface area contributed by atoms with Crippen molar-refractivity contribution in [3.05, 3.63) is 82.6 Å². The van der Waals surface area contributed by atoms with E-state index in [9.17, 15) is 9.90 Å². The number of ether oxygens (including phenoxy) is 3. The summed E-state index contributed by atoms with van der Waals surface area (Å²) >= 11 is 0. The third kappa shape index (κ3) is 10.5. The van der Waals surface area contributed by atoms with Gasteiger partial charge in [-0.15, -0.1) is 0 Å². The molecular weight excluding hydrogens is 500 g/mol. The summed E-state index contributed by atoms with van der Waals surface area (Å²) in [5, 5.41) is 10.8. The van der Waals surface area contributed by atoms with Crippen molar-refractivity contribution in [2.24, 2.45) is 0 Å². The van der Waals surface area contributed by atoms with Crippen molar-refractivity contribution in [3.63, 3.8) is 0 Å². The van der Waals surface area contributed by atoms with Crippen molar-refractivity contribution >= 4 is 5.78 Å². The van der Waals surface area contributed by atoms with Crippen LogP contribution < -0.4 is 4.74 Å². The van der Waals surface area contributed by atoms with E-state index in [0.717, 1.165) is 48.8 Å². The zero-order valence-corrected chi connectivity index (χ0v) is 24.8. The van der Waals surface area contributed by atoms with Gasteiger partial charge in [0.05, 0.1) is 12.2 Å². The van der Waals surface area contributed by atoms with Gasteiger partial charge in [0.25, 0.3) is 0 Å². The number of phenolic OH excluding ortho intramolecular Hbond substituents is 1. The van der Waals surface area contributed by atoms with Crippen LogP contribution in [0.3, 0.4) is 0 Å². The Morgan fingerprint density at radius 1 is 1.02 bits per heavy atom. The number of aryl methyl sites for hydroxylation is 1. The van der Waals surface area contributed by atoms with Crippen LogP contribution in [0.1, 0.15) is 112 Å². The van der Waals surface area contributed by atoms with Crippen molar-refractivity contribution in [2.75, 3.05) is 6.61 Å². The van der Waals surface area contributed by atoms with E-state index in [1.165, 1.54) is 44.9 Å². The fourth-order valence-electron chi connectivity index (χ4n) is 4.86. The quantitative estimate of drug-likeness (QED) is 0.0701. The molecule has 1 atom stereocenters. The van der Waals surface area contributed by atoms with E-state index in [0.29, 0.717) is 19.0 Å². The number of aromatic hydroxyl groups is 1. The molecule has 1 unspecified atom stereocenters. The van der Waals surface area contributed by atoms with Crippen LogP contribution >= 0.6 is 0 Å². The number of hydrogen-bond donors (Lipinski definition) is 1. The maximum atomic E-state index is 13.8. The number of Topliss-reactive ketones (excluding diaryl/α,β-unsaturated/α-hetero) is 1. The molecule has 0 spiro atoms. The zero-order valence-electron chi connectivity index (χ0n) is 24.8. The van der Waals surface area contributed by atoms with Gasteiger partial charge in [0, 0.05) is 6.42 Å². The van der Waals surface area contributed by atoms with E-state index in [1.807, 2.05) is 50.3 Å². The van der Waals surface area contributed by atoms with E-state index in [1.54, 1.807) is 12.1 Å². The number of benzene rings is 2. The number of allylic oxidation sites excluding steroid dienone is 4. The van der Waals surface area contributed by atoms with Crippen molar-refractivity contribution in [1.29, 1.82) is 0 Å². The Morgan fingerprint density at radius 2 is 1.75 bits per heavy atom. The fraction of sp³-hybridized carbons (Fsp3) is 0.514. The standard InChI is InChI=1S/C35H48O5/c1-4-5-6-7-8-9-10-11-12-14-19-27(2)35(40-33-22-17-18-23-38-33)34(37)30-25-32(28(3)24-31(30)36)39-26-29-20-15-13-16-21-29/h13-16,19-21,24-25,33,36H,4-12,17-18,22-23,26H2,1-3H3. The zero-order chi connectivity index (χ0) is 28.6. The van der Waals surface area contributed by atoms with Gasteiger partial charge >= 0.3 is 0 Å². The first-order chi connectivity index (χ1) is 19.5. The summed E-state index contributed by atoms with van der Waals surface area (Å²) in [6, 6.07) is 13.1. The topological polar surface area (TPSA) is 65.0 Å². The normalized spacial score (nSPS) is 16.1. The maximum Gasteiger partial charge on any atom is 0.231 e. The molecule has 0 radical (unpaired) electrons. The van der Waals surface area contributed by atoms with E-state index in [4.69, 9.17) is 14.2 Å². The predicted molar refractivity (Wildman–Crippen MR) is 162 cm³/mol. The van der Waals surface area contributed by atoms with Crippen LogP contribution in [0.4, 0.5) is 0 Å². The van der Waals surface area contributed by atoms with Gasteiger partial charge in [-0.05, 0) is 68.4 Å². The lowest BCUT2D eigenvalue weighted by Crippen LogP contribution is -2.25. The number of ketones is 1. The van der Waals surface area contributed by atoms with Crippen LogP contribution in [0.25, 0.3) is 0 Å². The second-order valence-electron chi connectivity index (χ2n) is 10.8. The minimum Gasteiger partial charge on any atom is -0.507 e. The van der Waals surface area contributed by atoms with E-state index in [-0.39, 0.29) is 22.9 Å². The molecule has 1 N–H and O–H groups in total. The van der Waals surface area contributed by atoms with Gasteiger partial charge in [-0.2, -0.15) is 0 Å². The molecule has 1 aliphatic rings. The maximum absolute atomic E-state index is 13.8.